The first-order valence-corrected chi connectivity index (χ1v) is 6.88. The summed E-state index contributed by atoms with van der Waals surface area (Å²) in [5, 5.41) is 12.1. The van der Waals surface area contributed by atoms with Gasteiger partial charge in [-0.05, 0) is 25.0 Å². The van der Waals surface area contributed by atoms with Gasteiger partial charge in [0, 0.05) is 16.6 Å². The molecule has 2 N–H and O–H groups in total. The number of aliphatic hydroxyl groups is 1. The molecule has 21 heavy (non-hydrogen) atoms. The fourth-order valence-corrected chi connectivity index (χ4v) is 2.04. The van der Waals surface area contributed by atoms with Crippen molar-refractivity contribution >= 4 is 21.8 Å². The molecule has 3 nitrogen and oxygen atoms in total. The van der Waals surface area contributed by atoms with Crippen molar-refractivity contribution in [3.63, 3.8) is 0 Å². The van der Waals surface area contributed by atoms with Gasteiger partial charge in [-0.3, -0.25) is 4.79 Å². The lowest BCUT2D eigenvalue weighted by molar-refractivity contribution is -0.257. The Labute approximate surface area is 129 Å². The quantitative estimate of drug-likeness (QED) is 0.621. The molecule has 0 spiro atoms. The van der Waals surface area contributed by atoms with Crippen LogP contribution in [-0.2, 0) is 10.4 Å². The molecule has 1 aromatic carbocycles. The lowest BCUT2D eigenvalue weighted by Crippen LogP contribution is -2.54. The van der Waals surface area contributed by atoms with Crippen LogP contribution in [0.5, 0.6) is 0 Å². The van der Waals surface area contributed by atoms with Crippen LogP contribution in [-0.4, -0.2) is 23.7 Å². The smallest absolute Gasteiger partial charge is 0.369 e. The van der Waals surface area contributed by atoms with E-state index in [4.69, 9.17) is 0 Å². The summed E-state index contributed by atoms with van der Waals surface area (Å²) in [5.74, 6) is -1.51. The van der Waals surface area contributed by atoms with Gasteiger partial charge < -0.3 is 10.4 Å². The Bertz CT molecular complexity index is 546. The van der Waals surface area contributed by atoms with Gasteiger partial charge in [0.15, 0.2) is 0 Å². The number of halogens is 4. The average Bonchev–Trinajstić information content (AvgIpc) is 2.39. The van der Waals surface area contributed by atoms with E-state index in [1.807, 2.05) is 0 Å². The molecule has 1 aromatic rings. The molecule has 1 unspecified atom stereocenters. The molecule has 0 fully saturated rings. The molecule has 0 saturated heterocycles. The van der Waals surface area contributed by atoms with E-state index < -0.39 is 23.2 Å². The lowest BCUT2D eigenvalue weighted by Gasteiger charge is -2.29. The maximum atomic E-state index is 13.2. The Morgan fingerprint density at radius 2 is 2.10 bits per heavy atom. The highest BCUT2D eigenvalue weighted by molar-refractivity contribution is 9.10. The Morgan fingerprint density at radius 1 is 1.48 bits per heavy atom. The number of nitrogens with one attached hydrogen (secondary N) is 1. The van der Waals surface area contributed by atoms with Crippen LogP contribution in [0.2, 0.25) is 0 Å². The largest absolute Gasteiger partial charge is 0.430 e. The Morgan fingerprint density at radius 3 is 2.57 bits per heavy atom. The lowest BCUT2D eigenvalue weighted by atomic mass is 9.91. The van der Waals surface area contributed by atoms with Gasteiger partial charge in [0.05, 0.1) is 0 Å². The van der Waals surface area contributed by atoms with Crippen molar-refractivity contribution < 1.29 is 23.1 Å². The van der Waals surface area contributed by atoms with E-state index in [2.05, 4.69) is 27.8 Å². The molecule has 1 amide bonds. The molecule has 1 atom stereocenters. The number of amides is 1. The highest BCUT2D eigenvalue weighted by atomic mass is 79.9. The summed E-state index contributed by atoms with van der Waals surface area (Å²) < 4.78 is 40.1. The highest BCUT2D eigenvalue weighted by Crippen LogP contribution is 2.40. The van der Waals surface area contributed by atoms with Crippen molar-refractivity contribution in [2.75, 3.05) is 6.54 Å². The van der Waals surface area contributed by atoms with E-state index in [0.29, 0.717) is 16.5 Å². The van der Waals surface area contributed by atoms with E-state index in [-0.39, 0.29) is 6.54 Å². The monoisotopic (exact) mass is 365 g/mol. The molecule has 0 aromatic heterocycles. The Balaban J connectivity index is 3.23. The van der Waals surface area contributed by atoms with Crippen molar-refractivity contribution in [3.05, 3.63) is 46.5 Å². The summed E-state index contributed by atoms with van der Waals surface area (Å²) >= 11 is 3.09. The zero-order valence-electron chi connectivity index (χ0n) is 11.3. The maximum absolute atomic E-state index is 13.2. The van der Waals surface area contributed by atoms with Gasteiger partial charge in [-0.1, -0.05) is 34.1 Å². The number of carbonyl (C=O) groups excluding carboxylic acids is 1. The maximum Gasteiger partial charge on any atom is 0.430 e. The molecule has 0 radical (unpaired) electrons. The Hall–Kier alpha value is -1.34. The van der Waals surface area contributed by atoms with E-state index >= 15 is 0 Å². The number of aryl methyl sites for hydroxylation is 1. The first-order chi connectivity index (χ1) is 9.64. The standard InChI is InChI=1S/C14H15BrF3NO2/c1-3-4-7-19-12(20)13(21,14(16,17)18)10-6-5-9(2)11(15)8-10/h3,5-6,8,21H,1,4,7H2,2H3,(H,19,20). The second-order valence-electron chi connectivity index (χ2n) is 4.51. The van der Waals surface area contributed by atoms with Gasteiger partial charge in [-0.2, -0.15) is 13.2 Å². The van der Waals surface area contributed by atoms with Gasteiger partial charge in [0.2, 0.25) is 0 Å². The molecular formula is C14H15BrF3NO2. The van der Waals surface area contributed by atoms with Crippen molar-refractivity contribution in [2.24, 2.45) is 0 Å². The van der Waals surface area contributed by atoms with E-state index in [9.17, 15) is 23.1 Å². The fourth-order valence-electron chi connectivity index (χ4n) is 1.66. The van der Waals surface area contributed by atoms with Crippen LogP contribution < -0.4 is 5.32 Å². The molecule has 0 heterocycles. The van der Waals surface area contributed by atoms with E-state index in [0.717, 1.165) is 12.1 Å². The van der Waals surface area contributed by atoms with E-state index in [1.54, 1.807) is 6.92 Å². The minimum absolute atomic E-state index is 0.0340. The molecule has 0 aliphatic heterocycles. The second kappa shape index (κ2) is 6.62. The molecule has 1 rings (SSSR count). The average molecular weight is 366 g/mol. The molecule has 0 saturated carbocycles. The molecule has 0 bridgehead atoms. The third kappa shape index (κ3) is 3.65. The van der Waals surface area contributed by atoms with Crippen molar-refractivity contribution in [1.82, 2.24) is 5.32 Å². The zero-order valence-corrected chi connectivity index (χ0v) is 12.9. The summed E-state index contributed by atoms with van der Waals surface area (Å²) in [5.41, 5.74) is -3.44. The predicted molar refractivity (Wildman–Crippen MR) is 76.7 cm³/mol. The van der Waals surface area contributed by atoms with Gasteiger partial charge in [-0.25, -0.2) is 0 Å². The highest BCUT2D eigenvalue weighted by Gasteiger charge is 2.60. The van der Waals surface area contributed by atoms with Crippen LogP contribution in [0.15, 0.2) is 35.3 Å². The first kappa shape index (κ1) is 17.7. The Kier molecular flexibility index (Phi) is 5.58. The topological polar surface area (TPSA) is 49.3 Å². The van der Waals surface area contributed by atoms with Crippen LogP contribution in [0.1, 0.15) is 17.5 Å². The second-order valence-corrected chi connectivity index (χ2v) is 5.36. The van der Waals surface area contributed by atoms with Crippen LogP contribution in [0.25, 0.3) is 0 Å². The van der Waals surface area contributed by atoms with Gasteiger partial charge in [-0.15, -0.1) is 6.58 Å². The SMILES string of the molecule is C=CCCNC(=O)C(O)(c1ccc(C)c(Br)c1)C(F)(F)F. The summed E-state index contributed by atoms with van der Waals surface area (Å²) in [4.78, 5) is 11.9. The number of benzene rings is 1. The van der Waals surface area contributed by atoms with Crippen LogP contribution in [0.3, 0.4) is 0 Å². The van der Waals surface area contributed by atoms with Gasteiger partial charge in [0.25, 0.3) is 11.5 Å². The van der Waals surface area contributed by atoms with Crippen molar-refractivity contribution in [1.29, 1.82) is 0 Å². The van der Waals surface area contributed by atoms with Crippen molar-refractivity contribution in [2.45, 2.75) is 25.1 Å². The summed E-state index contributed by atoms with van der Waals surface area (Å²) in [6.45, 7) is 5.06. The summed E-state index contributed by atoms with van der Waals surface area (Å²) in [6, 6.07) is 3.57. The van der Waals surface area contributed by atoms with Gasteiger partial charge in [0.1, 0.15) is 0 Å². The number of hydrogen-bond donors (Lipinski definition) is 2. The molecule has 0 aliphatic rings. The van der Waals surface area contributed by atoms with Crippen LogP contribution in [0.4, 0.5) is 13.2 Å². The molecular weight excluding hydrogens is 351 g/mol. The first-order valence-electron chi connectivity index (χ1n) is 6.09. The molecule has 0 aliphatic carbocycles. The minimum atomic E-state index is -5.14. The number of hydrogen-bond acceptors (Lipinski definition) is 2. The normalized spacial score (nSPS) is 14.4. The van der Waals surface area contributed by atoms with Crippen LogP contribution >= 0.6 is 15.9 Å². The van der Waals surface area contributed by atoms with Crippen LogP contribution in [0, 0.1) is 6.92 Å². The summed E-state index contributed by atoms with van der Waals surface area (Å²) in [7, 11) is 0. The summed E-state index contributed by atoms with van der Waals surface area (Å²) in [6.07, 6.45) is -3.38. The fraction of sp³-hybridized carbons (Fsp3) is 0.357. The van der Waals surface area contributed by atoms with Crippen molar-refractivity contribution in [3.8, 4) is 0 Å². The minimum Gasteiger partial charge on any atom is -0.369 e. The third-order valence-electron chi connectivity index (χ3n) is 2.96. The predicted octanol–water partition coefficient (Wildman–Crippen LogP) is 3.20. The number of alkyl halides is 3. The zero-order chi connectivity index (χ0) is 16.3. The van der Waals surface area contributed by atoms with E-state index in [1.165, 1.54) is 12.1 Å². The molecule has 116 valence electrons. The number of carbonyl (C=O) groups is 1. The molecule has 7 heteroatoms. The number of rotatable bonds is 5. The van der Waals surface area contributed by atoms with Gasteiger partial charge >= 0.3 is 6.18 Å². The third-order valence-corrected chi connectivity index (χ3v) is 3.82.